The van der Waals surface area contributed by atoms with Gasteiger partial charge in [0.2, 0.25) is 0 Å². The van der Waals surface area contributed by atoms with Crippen LogP contribution in [0.1, 0.15) is 44.1 Å². The van der Waals surface area contributed by atoms with Crippen molar-refractivity contribution in [1.29, 1.82) is 0 Å². The summed E-state index contributed by atoms with van der Waals surface area (Å²) in [7, 11) is 1.76. The van der Waals surface area contributed by atoms with E-state index in [0.717, 1.165) is 51.6 Å². The maximum absolute atomic E-state index is 5.09. The molecule has 4 nitrogen and oxygen atoms in total. The number of likely N-dealkylation sites (tertiary alicyclic amines) is 1. The molecular formula is C19H32IN3O. The van der Waals surface area contributed by atoms with Crippen LogP contribution in [0.4, 0.5) is 0 Å². The maximum atomic E-state index is 5.09. The zero-order chi connectivity index (χ0) is 16.3. The molecule has 136 valence electrons. The van der Waals surface area contributed by atoms with Gasteiger partial charge in [0.15, 0.2) is 5.96 Å². The van der Waals surface area contributed by atoms with Crippen molar-refractivity contribution in [1.82, 2.24) is 10.2 Å². The van der Waals surface area contributed by atoms with Crippen LogP contribution in [0.2, 0.25) is 0 Å². The largest absolute Gasteiger partial charge is 0.385 e. The van der Waals surface area contributed by atoms with Crippen LogP contribution in [0.15, 0.2) is 35.3 Å². The second-order valence-corrected chi connectivity index (χ2v) is 6.13. The summed E-state index contributed by atoms with van der Waals surface area (Å²) in [5.74, 6) is 1.71. The SMILES string of the molecule is CCNC(=NCCCCCOC)N1CCC(c2ccccc2)C1.I. The van der Waals surface area contributed by atoms with E-state index in [1.165, 1.54) is 18.4 Å². The smallest absolute Gasteiger partial charge is 0.193 e. The first-order valence-corrected chi connectivity index (χ1v) is 8.92. The van der Waals surface area contributed by atoms with E-state index < -0.39 is 0 Å². The first-order chi connectivity index (χ1) is 11.3. The minimum absolute atomic E-state index is 0. The molecule has 0 spiro atoms. The van der Waals surface area contributed by atoms with Gasteiger partial charge in [-0.2, -0.15) is 0 Å². The molecule has 0 saturated carbocycles. The van der Waals surface area contributed by atoms with Gasteiger partial charge in [0.25, 0.3) is 0 Å². The topological polar surface area (TPSA) is 36.9 Å². The molecule has 5 heteroatoms. The van der Waals surface area contributed by atoms with Gasteiger partial charge in [-0.25, -0.2) is 0 Å². The van der Waals surface area contributed by atoms with Gasteiger partial charge in [-0.1, -0.05) is 30.3 Å². The Bertz CT molecular complexity index is 467. The highest BCUT2D eigenvalue weighted by Crippen LogP contribution is 2.26. The fourth-order valence-corrected chi connectivity index (χ4v) is 3.10. The molecule has 1 aromatic rings. The number of benzene rings is 1. The minimum Gasteiger partial charge on any atom is -0.385 e. The maximum Gasteiger partial charge on any atom is 0.193 e. The Morgan fingerprint density at radius 3 is 2.75 bits per heavy atom. The van der Waals surface area contributed by atoms with Crippen molar-refractivity contribution in [2.24, 2.45) is 4.99 Å². The van der Waals surface area contributed by atoms with E-state index in [2.05, 4.69) is 47.5 Å². The predicted molar refractivity (Wildman–Crippen MR) is 112 cm³/mol. The van der Waals surface area contributed by atoms with E-state index in [9.17, 15) is 0 Å². The summed E-state index contributed by atoms with van der Waals surface area (Å²) in [6.45, 7) is 6.98. The Morgan fingerprint density at radius 1 is 1.25 bits per heavy atom. The summed E-state index contributed by atoms with van der Waals surface area (Å²) < 4.78 is 5.09. The molecular weight excluding hydrogens is 413 g/mol. The molecule has 1 aliphatic heterocycles. The Labute approximate surface area is 164 Å². The number of guanidine groups is 1. The number of nitrogens with zero attached hydrogens (tertiary/aromatic N) is 2. The van der Waals surface area contributed by atoms with Gasteiger partial charge in [-0.3, -0.25) is 4.99 Å². The number of methoxy groups -OCH3 is 1. The second-order valence-electron chi connectivity index (χ2n) is 6.13. The molecule has 0 radical (unpaired) electrons. The van der Waals surface area contributed by atoms with Crippen molar-refractivity contribution >= 4 is 29.9 Å². The molecule has 1 heterocycles. The van der Waals surface area contributed by atoms with E-state index in [1.807, 2.05) is 0 Å². The predicted octanol–water partition coefficient (Wildman–Crippen LogP) is 3.88. The Hall–Kier alpha value is -0.820. The summed E-state index contributed by atoms with van der Waals surface area (Å²) >= 11 is 0. The molecule has 1 atom stereocenters. The summed E-state index contributed by atoms with van der Waals surface area (Å²) in [5, 5.41) is 3.45. The van der Waals surface area contributed by atoms with Crippen LogP contribution < -0.4 is 5.32 Å². The minimum atomic E-state index is 0. The fourth-order valence-electron chi connectivity index (χ4n) is 3.10. The third kappa shape index (κ3) is 6.97. The molecule has 0 amide bonds. The van der Waals surface area contributed by atoms with Gasteiger partial charge < -0.3 is 15.0 Å². The molecule has 0 aromatic heterocycles. The first kappa shape index (κ1) is 21.2. The Morgan fingerprint density at radius 2 is 2.04 bits per heavy atom. The van der Waals surface area contributed by atoms with Crippen molar-refractivity contribution in [2.75, 3.05) is 39.9 Å². The number of hydrogen-bond acceptors (Lipinski definition) is 2. The number of ether oxygens (including phenoxy) is 1. The van der Waals surface area contributed by atoms with Crippen molar-refractivity contribution in [3.63, 3.8) is 0 Å². The highest BCUT2D eigenvalue weighted by molar-refractivity contribution is 14.0. The average Bonchev–Trinajstić information content (AvgIpc) is 3.08. The van der Waals surface area contributed by atoms with Gasteiger partial charge in [0.05, 0.1) is 0 Å². The van der Waals surface area contributed by atoms with E-state index >= 15 is 0 Å². The summed E-state index contributed by atoms with van der Waals surface area (Å²) in [4.78, 5) is 7.22. The third-order valence-electron chi connectivity index (χ3n) is 4.36. The lowest BCUT2D eigenvalue weighted by Gasteiger charge is -2.21. The molecule has 1 fully saturated rings. The summed E-state index contributed by atoms with van der Waals surface area (Å²) in [5.41, 5.74) is 1.45. The molecule has 1 aliphatic rings. The molecule has 1 saturated heterocycles. The van der Waals surface area contributed by atoms with Crippen LogP contribution in [0, 0.1) is 0 Å². The van der Waals surface area contributed by atoms with E-state index in [4.69, 9.17) is 9.73 Å². The van der Waals surface area contributed by atoms with E-state index in [0.29, 0.717) is 5.92 Å². The van der Waals surface area contributed by atoms with Crippen molar-refractivity contribution < 1.29 is 4.74 Å². The molecule has 24 heavy (non-hydrogen) atoms. The number of halogens is 1. The summed E-state index contributed by atoms with van der Waals surface area (Å²) in [6, 6.07) is 10.8. The lowest BCUT2D eigenvalue weighted by Crippen LogP contribution is -2.40. The number of rotatable bonds is 8. The molecule has 1 N–H and O–H groups in total. The number of nitrogens with one attached hydrogen (secondary N) is 1. The van der Waals surface area contributed by atoms with Crippen LogP contribution in [-0.2, 0) is 4.74 Å². The van der Waals surface area contributed by atoms with E-state index in [1.54, 1.807) is 7.11 Å². The van der Waals surface area contributed by atoms with Gasteiger partial charge in [0.1, 0.15) is 0 Å². The van der Waals surface area contributed by atoms with Crippen molar-refractivity contribution in [3.05, 3.63) is 35.9 Å². The number of unbranched alkanes of at least 4 members (excludes halogenated alkanes) is 2. The Kier molecular flexibility index (Phi) is 11.1. The third-order valence-corrected chi connectivity index (χ3v) is 4.36. The van der Waals surface area contributed by atoms with Crippen LogP contribution in [0.25, 0.3) is 0 Å². The Balaban J connectivity index is 0.00000288. The monoisotopic (exact) mass is 445 g/mol. The van der Waals surface area contributed by atoms with Crippen LogP contribution in [-0.4, -0.2) is 50.8 Å². The van der Waals surface area contributed by atoms with Crippen LogP contribution in [0.3, 0.4) is 0 Å². The molecule has 2 rings (SSSR count). The first-order valence-electron chi connectivity index (χ1n) is 8.92. The van der Waals surface area contributed by atoms with Gasteiger partial charge in [-0.05, 0) is 38.2 Å². The number of hydrogen-bond donors (Lipinski definition) is 1. The standard InChI is InChI=1S/C19H31N3O.HI/c1-3-20-19(21-13-8-5-9-15-23-2)22-14-12-18(16-22)17-10-6-4-7-11-17;/h4,6-7,10-11,18H,3,5,8-9,12-16H2,1-2H3,(H,20,21);1H. The highest BCUT2D eigenvalue weighted by Gasteiger charge is 2.25. The van der Waals surface area contributed by atoms with Crippen LogP contribution in [0.5, 0.6) is 0 Å². The number of aliphatic imine (C=N–C) groups is 1. The van der Waals surface area contributed by atoms with Gasteiger partial charge in [-0.15, -0.1) is 24.0 Å². The molecule has 0 aliphatic carbocycles. The lowest BCUT2D eigenvalue weighted by molar-refractivity contribution is 0.192. The van der Waals surface area contributed by atoms with E-state index in [-0.39, 0.29) is 24.0 Å². The molecule has 0 bridgehead atoms. The lowest BCUT2D eigenvalue weighted by atomic mass is 9.99. The van der Waals surface area contributed by atoms with Gasteiger partial charge in [0, 0.05) is 45.8 Å². The quantitative estimate of drug-likeness (QED) is 0.286. The zero-order valence-electron chi connectivity index (χ0n) is 15.0. The molecule has 1 unspecified atom stereocenters. The van der Waals surface area contributed by atoms with Crippen LogP contribution >= 0.6 is 24.0 Å². The molecule has 1 aromatic carbocycles. The average molecular weight is 445 g/mol. The van der Waals surface area contributed by atoms with Crippen molar-refractivity contribution in [2.45, 2.75) is 38.5 Å². The zero-order valence-corrected chi connectivity index (χ0v) is 17.4. The van der Waals surface area contributed by atoms with Crippen molar-refractivity contribution in [3.8, 4) is 0 Å². The fraction of sp³-hybridized carbons (Fsp3) is 0.632. The highest BCUT2D eigenvalue weighted by atomic mass is 127. The summed E-state index contributed by atoms with van der Waals surface area (Å²) in [6.07, 6.45) is 4.65. The second kappa shape index (κ2) is 12.5. The van der Waals surface area contributed by atoms with Gasteiger partial charge >= 0.3 is 0 Å². The normalized spacial score (nSPS) is 17.7.